The van der Waals surface area contributed by atoms with Crippen molar-refractivity contribution < 1.29 is 22.7 Å². The number of halogens is 3. The van der Waals surface area contributed by atoms with Gasteiger partial charge in [-0.05, 0) is 25.1 Å². The highest BCUT2D eigenvalue weighted by molar-refractivity contribution is 6.10. The molecule has 5 heteroatoms. The Balaban J connectivity index is 2.49. The zero-order valence-electron chi connectivity index (χ0n) is 10.6. The molecular formula is C15H11F3O2. The molecule has 0 saturated heterocycles. The Kier molecular flexibility index (Phi) is 4.08. The Hall–Kier alpha value is -2.30. The smallest absolute Gasteiger partial charge is 0.199 e. The summed E-state index contributed by atoms with van der Waals surface area (Å²) in [6.45, 7) is 2.06. The van der Waals surface area contributed by atoms with Crippen molar-refractivity contribution in [2.75, 3.05) is 6.61 Å². The van der Waals surface area contributed by atoms with Gasteiger partial charge in [-0.25, -0.2) is 13.2 Å². The summed E-state index contributed by atoms with van der Waals surface area (Å²) >= 11 is 0. The molecule has 0 aliphatic rings. The molecule has 0 aliphatic heterocycles. The highest BCUT2D eigenvalue weighted by atomic mass is 19.2. The van der Waals surface area contributed by atoms with Crippen LogP contribution in [-0.2, 0) is 0 Å². The van der Waals surface area contributed by atoms with Crippen LogP contribution in [0.3, 0.4) is 0 Å². The summed E-state index contributed by atoms with van der Waals surface area (Å²) in [5.41, 5.74) is -0.435. The fourth-order valence-corrected chi connectivity index (χ4v) is 1.78. The topological polar surface area (TPSA) is 26.3 Å². The van der Waals surface area contributed by atoms with Gasteiger partial charge < -0.3 is 4.74 Å². The fourth-order valence-electron chi connectivity index (χ4n) is 1.78. The van der Waals surface area contributed by atoms with Crippen LogP contribution in [0.15, 0.2) is 36.4 Å². The van der Waals surface area contributed by atoms with E-state index in [9.17, 15) is 18.0 Å². The van der Waals surface area contributed by atoms with Crippen molar-refractivity contribution >= 4 is 5.78 Å². The van der Waals surface area contributed by atoms with Crippen molar-refractivity contribution in [3.8, 4) is 5.75 Å². The van der Waals surface area contributed by atoms with Crippen LogP contribution in [0, 0.1) is 17.5 Å². The van der Waals surface area contributed by atoms with Crippen molar-refractivity contribution in [1.82, 2.24) is 0 Å². The maximum Gasteiger partial charge on any atom is 0.199 e. The van der Waals surface area contributed by atoms with Crippen molar-refractivity contribution in [1.29, 1.82) is 0 Å². The van der Waals surface area contributed by atoms with E-state index >= 15 is 0 Å². The van der Waals surface area contributed by atoms with Crippen molar-refractivity contribution in [2.24, 2.45) is 0 Å². The van der Waals surface area contributed by atoms with Gasteiger partial charge in [0.1, 0.15) is 11.6 Å². The van der Waals surface area contributed by atoms with E-state index in [1.807, 2.05) is 0 Å². The monoisotopic (exact) mass is 280 g/mol. The molecule has 0 heterocycles. The first-order chi connectivity index (χ1) is 9.54. The molecule has 20 heavy (non-hydrogen) atoms. The number of carbonyl (C=O) groups is 1. The van der Waals surface area contributed by atoms with E-state index in [0.717, 1.165) is 0 Å². The molecule has 2 aromatic carbocycles. The van der Waals surface area contributed by atoms with E-state index in [2.05, 4.69) is 0 Å². The molecule has 0 atom stereocenters. The third-order valence-electron chi connectivity index (χ3n) is 2.69. The standard InChI is InChI=1S/C15H11F3O2/c1-2-20-14-6-4-3-5-9(14)15(19)10-7-12(17)13(18)8-11(10)16/h3-8H,2H2,1H3. The van der Waals surface area contributed by atoms with Crippen LogP contribution < -0.4 is 4.74 Å². The van der Waals surface area contributed by atoms with Gasteiger partial charge in [0, 0.05) is 6.07 Å². The molecule has 0 fully saturated rings. The number of hydrogen-bond donors (Lipinski definition) is 0. The minimum atomic E-state index is -1.34. The summed E-state index contributed by atoms with van der Waals surface area (Å²) in [5, 5.41) is 0. The number of para-hydroxylation sites is 1. The lowest BCUT2D eigenvalue weighted by molar-refractivity contribution is 0.103. The molecule has 2 rings (SSSR count). The molecule has 2 nitrogen and oxygen atoms in total. The predicted molar refractivity (Wildman–Crippen MR) is 67.4 cm³/mol. The minimum absolute atomic E-state index is 0.0965. The summed E-state index contributed by atoms with van der Waals surface area (Å²) < 4.78 is 44.9. The molecule has 0 aliphatic carbocycles. The average molecular weight is 280 g/mol. The van der Waals surface area contributed by atoms with Gasteiger partial charge in [0.15, 0.2) is 17.4 Å². The first-order valence-corrected chi connectivity index (χ1v) is 5.95. The van der Waals surface area contributed by atoms with E-state index < -0.39 is 28.8 Å². The van der Waals surface area contributed by atoms with Crippen LogP contribution in [0.4, 0.5) is 13.2 Å². The van der Waals surface area contributed by atoms with Crippen LogP contribution in [0.1, 0.15) is 22.8 Å². The summed E-state index contributed by atoms with van der Waals surface area (Å²) in [5.74, 6) is -4.21. The number of carbonyl (C=O) groups excluding carboxylic acids is 1. The van der Waals surface area contributed by atoms with Gasteiger partial charge in [-0.1, -0.05) is 12.1 Å². The zero-order valence-corrected chi connectivity index (χ0v) is 10.6. The Labute approximate surface area is 113 Å². The Morgan fingerprint density at radius 2 is 1.65 bits per heavy atom. The largest absolute Gasteiger partial charge is 0.493 e. The third kappa shape index (κ3) is 2.66. The summed E-state index contributed by atoms with van der Waals surface area (Å²) in [4.78, 5) is 12.2. The molecule has 0 radical (unpaired) electrons. The molecule has 2 aromatic rings. The molecule has 0 saturated carbocycles. The lowest BCUT2D eigenvalue weighted by atomic mass is 10.0. The zero-order chi connectivity index (χ0) is 14.7. The second-order valence-corrected chi connectivity index (χ2v) is 4.00. The fraction of sp³-hybridized carbons (Fsp3) is 0.133. The van der Waals surface area contributed by atoms with E-state index in [4.69, 9.17) is 4.74 Å². The van der Waals surface area contributed by atoms with Crippen LogP contribution in [-0.4, -0.2) is 12.4 Å². The number of hydrogen-bond acceptors (Lipinski definition) is 2. The van der Waals surface area contributed by atoms with Crippen molar-refractivity contribution in [3.05, 3.63) is 65.0 Å². The molecule has 0 amide bonds. The van der Waals surface area contributed by atoms with Gasteiger partial charge in [0.25, 0.3) is 0 Å². The van der Waals surface area contributed by atoms with Gasteiger partial charge in [-0.2, -0.15) is 0 Å². The predicted octanol–water partition coefficient (Wildman–Crippen LogP) is 3.73. The lowest BCUT2D eigenvalue weighted by Crippen LogP contribution is -2.08. The molecule has 0 N–H and O–H groups in total. The minimum Gasteiger partial charge on any atom is -0.493 e. The maximum atomic E-state index is 13.6. The number of benzene rings is 2. The molecular weight excluding hydrogens is 269 g/mol. The Morgan fingerprint density at radius 1 is 1.00 bits per heavy atom. The summed E-state index contributed by atoms with van der Waals surface area (Å²) in [6.07, 6.45) is 0. The molecule has 0 unspecified atom stereocenters. The summed E-state index contributed by atoms with van der Waals surface area (Å²) in [7, 11) is 0. The molecule has 0 spiro atoms. The van der Waals surface area contributed by atoms with E-state index in [1.54, 1.807) is 25.1 Å². The van der Waals surface area contributed by atoms with Crippen LogP contribution in [0.5, 0.6) is 5.75 Å². The molecule has 0 aromatic heterocycles. The van der Waals surface area contributed by atoms with Gasteiger partial charge in [-0.15, -0.1) is 0 Å². The molecule has 0 bridgehead atoms. The quantitative estimate of drug-likeness (QED) is 0.630. The van der Waals surface area contributed by atoms with Crippen molar-refractivity contribution in [3.63, 3.8) is 0 Å². The van der Waals surface area contributed by atoms with E-state index in [0.29, 0.717) is 18.7 Å². The average Bonchev–Trinajstić information content (AvgIpc) is 2.43. The van der Waals surface area contributed by atoms with Gasteiger partial charge >= 0.3 is 0 Å². The Morgan fingerprint density at radius 3 is 2.35 bits per heavy atom. The number of rotatable bonds is 4. The first-order valence-electron chi connectivity index (χ1n) is 5.95. The number of ketones is 1. The number of ether oxygens (including phenoxy) is 1. The Bertz CT molecular complexity index is 654. The van der Waals surface area contributed by atoms with Crippen LogP contribution >= 0.6 is 0 Å². The van der Waals surface area contributed by atoms with Crippen LogP contribution in [0.2, 0.25) is 0 Å². The van der Waals surface area contributed by atoms with Gasteiger partial charge in [0.2, 0.25) is 0 Å². The van der Waals surface area contributed by atoms with E-state index in [-0.39, 0.29) is 11.3 Å². The summed E-state index contributed by atoms with van der Waals surface area (Å²) in [6, 6.07) is 7.13. The molecule has 104 valence electrons. The van der Waals surface area contributed by atoms with Gasteiger partial charge in [-0.3, -0.25) is 4.79 Å². The van der Waals surface area contributed by atoms with Crippen molar-refractivity contribution in [2.45, 2.75) is 6.92 Å². The SMILES string of the molecule is CCOc1ccccc1C(=O)c1cc(F)c(F)cc1F. The lowest BCUT2D eigenvalue weighted by Gasteiger charge is -2.09. The third-order valence-corrected chi connectivity index (χ3v) is 2.69. The second-order valence-electron chi connectivity index (χ2n) is 4.00. The van der Waals surface area contributed by atoms with Gasteiger partial charge in [0.05, 0.1) is 17.7 Å². The maximum absolute atomic E-state index is 13.6. The normalized spacial score (nSPS) is 10.4. The highest BCUT2D eigenvalue weighted by Gasteiger charge is 2.20. The second kappa shape index (κ2) is 5.77. The highest BCUT2D eigenvalue weighted by Crippen LogP contribution is 2.24. The van der Waals surface area contributed by atoms with Crippen LogP contribution in [0.25, 0.3) is 0 Å². The van der Waals surface area contributed by atoms with E-state index in [1.165, 1.54) is 6.07 Å². The first kappa shape index (κ1) is 14.1.